The molecule has 0 saturated heterocycles. The highest BCUT2D eigenvalue weighted by molar-refractivity contribution is 6.06. The number of amides is 1. The third kappa shape index (κ3) is 4.70. The lowest BCUT2D eigenvalue weighted by atomic mass is 9.95. The molecule has 4 aromatic heterocycles. The van der Waals surface area contributed by atoms with Crippen LogP contribution in [0.2, 0.25) is 0 Å². The zero-order valence-electron chi connectivity index (χ0n) is 21.7. The van der Waals surface area contributed by atoms with Crippen molar-refractivity contribution < 1.29 is 9.53 Å². The molecule has 0 atom stereocenters. The van der Waals surface area contributed by atoms with Gasteiger partial charge in [-0.1, -0.05) is 19.3 Å². The highest BCUT2D eigenvalue weighted by atomic mass is 16.6. The van der Waals surface area contributed by atoms with Crippen LogP contribution in [0.15, 0.2) is 36.9 Å². The van der Waals surface area contributed by atoms with Crippen LogP contribution in [0, 0.1) is 0 Å². The third-order valence-corrected chi connectivity index (χ3v) is 7.27. The summed E-state index contributed by atoms with van der Waals surface area (Å²) in [6.45, 7) is 6.76. The zero-order chi connectivity index (χ0) is 25.6. The van der Waals surface area contributed by atoms with Crippen molar-refractivity contribution >= 4 is 39.8 Å². The van der Waals surface area contributed by atoms with Crippen molar-refractivity contribution in [1.82, 2.24) is 29.4 Å². The first-order valence-corrected chi connectivity index (χ1v) is 13.2. The van der Waals surface area contributed by atoms with Crippen molar-refractivity contribution in [3.05, 3.63) is 48.0 Å². The van der Waals surface area contributed by atoms with Crippen LogP contribution < -0.4 is 5.32 Å². The van der Waals surface area contributed by atoms with E-state index in [9.17, 15) is 4.79 Å². The molecule has 0 bridgehead atoms. The van der Waals surface area contributed by atoms with Crippen LogP contribution in [0.4, 0.5) is 16.6 Å². The smallest absolute Gasteiger partial charge is 0.410 e. The van der Waals surface area contributed by atoms with Crippen molar-refractivity contribution in [2.75, 3.05) is 11.9 Å². The predicted octanol–water partition coefficient (Wildman–Crippen LogP) is 5.92. The first-order valence-electron chi connectivity index (χ1n) is 13.2. The van der Waals surface area contributed by atoms with Crippen LogP contribution in [0.25, 0.3) is 21.9 Å². The van der Waals surface area contributed by atoms with E-state index in [1.165, 1.54) is 24.8 Å². The van der Waals surface area contributed by atoms with Gasteiger partial charge in [0.1, 0.15) is 17.1 Å². The van der Waals surface area contributed by atoms with Gasteiger partial charge in [0.05, 0.1) is 18.3 Å². The van der Waals surface area contributed by atoms with Crippen molar-refractivity contribution in [2.45, 2.75) is 77.5 Å². The first kappa shape index (κ1) is 23.6. The van der Waals surface area contributed by atoms with Gasteiger partial charge in [0.25, 0.3) is 0 Å². The summed E-state index contributed by atoms with van der Waals surface area (Å²) in [6.07, 6.45) is 14.1. The summed E-state index contributed by atoms with van der Waals surface area (Å²) >= 11 is 0. The van der Waals surface area contributed by atoms with Gasteiger partial charge in [0.15, 0.2) is 0 Å². The molecule has 0 unspecified atom stereocenters. The molecular weight excluding hydrogens is 466 g/mol. The van der Waals surface area contributed by atoms with Gasteiger partial charge in [0, 0.05) is 41.9 Å². The molecule has 9 nitrogen and oxygen atoms in total. The maximum atomic E-state index is 12.5. The summed E-state index contributed by atoms with van der Waals surface area (Å²) in [5.74, 6) is 1.23. The van der Waals surface area contributed by atoms with E-state index in [0.717, 1.165) is 46.8 Å². The number of fused-ring (bicyclic) bond motifs is 4. The van der Waals surface area contributed by atoms with Crippen LogP contribution in [0.1, 0.15) is 70.0 Å². The largest absolute Gasteiger partial charge is 0.444 e. The fourth-order valence-electron chi connectivity index (χ4n) is 5.54. The number of rotatable bonds is 3. The van der Waals surface area contributed by atoms with Crippen molar-refractivity contribution in [3.63, 3.8) is 0 Å². The monoisotopic (exact) mass is 499 g/mol. The third-order valence-electron chi connectivity index (χ3n) is 7.27. The Morgan fingerprint density at radius 3 is 2.70 bits per heavy atom. The van der Waals surface area contributed by atoms with Crippen LogP contribution in [0.3, 0.4) is 0 Å². The molecule has 2 aliphatic rings. The lowest BCUT2D eigenvalue weighted by Gasteiger charge is -2.31. The second-order valence-electron chi connectivity index (χ2n) is 11.1. The van der Waals surface area contributed by atoms with Crippen LogP contribution in [-0.2, 0) is 17.7 Å². The van der Waals surface area contributed by atoms with Gasteiger partial charge < -0.3 is 19.5 Å². The second-order valence-corrected chi connectivity index (χ2v) is 11.1. The molecular formula is C28H33N7O2. The summed E-state index contributed by atoms with van der Waals surface area (Å²) in [5, 5.41) is 5.51. The first-order chi connectivity index (χ1) is 17.9. The Morgan fingerprint density at radius 1 is 1.05 bits per heavy atom. The number of hydrogen-bond donors (Lipinski definition) is 1. The summed E-state index contributed by atoms with van der Waals surface area (Å²) in [6, 6.07) is 4.52. The lowest BCUT2D eigenvalue weighted by molar-refractivity contribution is 0.0224. The Balaban J connectivity index is 1.27. The van der Waals surface area contributed by atoms with Gasteiger partial charge in [0.2, 0.25) is 5.95 Å². The SMILES string of the molecule is CC(C)(C)OC(=O)N1CCc2cc(Nc3ncc4c5ccncc5n(C5CCCCC5)c4n3)ncc2C1. The molecule has 0 spiro atoms. The van der Waals surface area contributed by atoms with Crippen LogP contribution in [0.5, 0.6) is 0 Å². The molecule has 5 heterocycles. The summed E-state index contributed by atoms with van der Waals surface area (Å²) < 4.78 is 7.91. The van der Waals surface area contributed by atoms with E-state index in [0.29, 0.717) is 30.9 Å². The van der Waals surface area contributed by atoms with Gasteiger partial charge in [-0.2, -0.15) is 4.98 Å². The maximum Gasteiger partial charge on any atom is 0.410 e. The van der Waals surface area contributed by atoms with E-state index in [4.69, 9.17) is 9.72 Å². The molecule has 1 aliphatic carbocycles. The normalized spacial score (nSPS) is 16.7. The second kappa shape index (κ2) is 9.28. The standard InChI is InChI=1S/C28H33N7O2/c1-28(2,3)37-27(36)34-12-10-18-13-24(30-14-19(18)17-34)32-26-31-15-22-21-9-11-29-16-23(21)35(25(22)33-26)20-7-5-4-6-8-20/h9,11,13-16,20H,4-8,10,12,17H2,1-3H3,(H,30,31,32,33). The summed E-state index contributed by atoms with van der Waals surface area (Å²) in [4.78, 5) is 32.8. The Bertz CT molecular complexity index is 1470. The zero-order valence-corrected chi connectivity index (χ0v) is 21.7. The maximum absolute atomic E-state index is 12.5. The molecule has 4 aromatic rings. The van der Waals surface area contributed by atoms with E-state index in [1.807, 2.05) is 51.6 Å². The predicted molar refractivity (Wildman–Crippen MR) is 143 cm³/mol. The molecule has 1 fully saturated rings. The Labute approximate surface area is 216 Å². The Kier molecular flexibility index (Phi) is 5.93. The Hall–Kier alpha value is -3.75. The molecule has 1 aliphatic heterocycles. The fraction of sp³-hybridized carbons (Fsp3) is 0.464. The van der Waals surface area contributed by atoms with E-state index in [1.54, 1.807) is 4.90 Å². The highest BCUT2D eigenvalue weighted by Crippen LogP contribution is 2.36. The topological polar surface area (TPSA) is 98.1 Å². The van der Waals surface area contributed by atoms with E-state index >= 15 is 0 Å². The number of anilines is 2. The minimum Gasteiger partial charge on any atom is -0.444 e. The molecule has 192 valence electrons. The van der Waals surface area contributed by atoms with E-state index in [2.05, 4.69) is 30.9 Å². The van der Waals surface area contributed by atoms with Gasteiger partial charge in [-0.05, 0) is 63.3 Å². The average Bonchev–Trinajstić information content (AvgIpc) is 3.21. The molecule has 6 rings (SSSR count). The van der Waals surface area contributed by atoms with Gasteiger partial charge in [-0.3, -0.25) is 4.98 Å². The number of carbonyl (C=O) groups excluding carboxylic acids is 1. The minimum atomic E-state index is -0.510. The van der Waals surface area contributed by atoms with Gasteiger partial charge >= 0.3 is 6.09 Å². The van der Waals surface area contributed by atoms with Crippen LogP contribution >= 0.6 is 0 Å². The van der Waals surface area contributed by atoms with E-state index in [-0.39, 0.29) is 6.09 Å². The number of aromatic nitrogens is 5. The molecule has 9 heteroatoms. The fourth-order valence-corrected chi connectivity index (χ4v) is 5.54. The number of nitrogens with one attached hydrogen (secondary N) is 1. The number of hydrogen-bond acceptors (Lipinski definition) is 7. The quantitative estimate of drug-likeness (QED) is 0.374. The van der Waals surface area contributed by atoms with E-state index < -0.39 is 5.60 Å². The molecule has 0 aromatic carbocycles. The molecule has 0 radical (unpaired) electrons. The van der Waals surface area contributed by atoms with Crippen molar-refractivity contribution in [2.24, 2.45) is 0 Å². The lowest BCUT2D eigenvalue weighted by Crippen LogP contribution is -2.39. The minimum absolute atomic E-state index is 0.286. The summed E-state index contributed by atoms with van der Waals surface area (Å²) in [7, 11) is 0. The van der Waals surface area contributed by atoms with Crippen LogP contribution in [-0.4, -0.2) is 47.6 Å². The number of ether oxygens (including phenoxy) is 1. The van der Waals surface area contributed by atoms with Gasteiger partial charge in [-0.25, -0.2) is 14.8 Å². The average molecular weight is 500 g/mol. The molecule has 1 N–H and O–H groups in total. The molecule has 1 amide bonds. The molecule has 1 saturated carbocycles. The number of nitrogens with zero attached hydrogens (tertiary/aromatic N) is 6. The number of pyridine rings is 2. The van der Waals surface area contributed by atoms with Crippen molar-refractivity contribution in [1.29, 1.82) is 0 Å². The molecule has 37 heavy (non-hydrogen) atoms. The van der Waals surface area contributed by atoms with Gasteiger partial charge in [-0.15, -0.1) is 0 Å². The highest BCUT2D eigenvalue weighted by Gasteiger charge is 2.26. The summed E-state index contributed by atoms with van der Waals surface area (Å²) in [5.41, 5.74) is 3.75. The number of carbonyl (C=O) groups is 1. The Morgan fingerprint density at radius 2 is 1.89 bits per heavy atom. The van der Waals surface area contributed by atoms with Crippen molar-refractivity contribution in [3.8, 4) is 0 Å².